The van der Waals surface area contributed by atoms with Crippen LogP contribution in [-0.2, 0) is 16.1 Å². The molecule has 3 aromatic rings. The largest absolute Gasteiger partial charge is 0.454 e. The smallest absolute Gasteiger partial charge is 0.329 e. The first-order chi connectivity index (χ1) is 13.0. The molecule has 27 heavy (non-hydrogen) atoms. The summed E-state index contributed by atoms with van der Waals surface area (Å²) in [5, 5.41) is 2.53. The fraction of sp³-hybridized carbons (Fsp3) is 0.250. The van der Waals surface area contributed by atoms with Crippen LogP contribution in [0.5, 0.6) is 0 Å². The molecular formula is C20H19FN2O4. The Bertz CT molecular complexity index is 934. The van der Waals surface area contributed by atoms with Crippen molar-refractivity contribution in [3.05, 3.63) is 65.8 Å². The van der Waals surface area contributed by atoms with Gasteiger partial charge in [-0.25, -0.2) is 14.2 Å². The molecule has 0 aliphatic carbocycles. The quantitative estimate of drug-likeness (QED) is 0.672. The van der Waals surface area contributed by atoms with Gasteiger partial charge in [0.1, 0.15) is 17.4 Å². The van der Waals surface area contributed by atoms with Gasteiger partial charge in [-0.15, -0.1) is 0 Å². The number of hydrogen-bond donors (Lipinski definition) is 1. The number of carbonyl (C=O) groups is 2. The topological polar surface area (TPSA) is 81.4 Å². The zero-order valence-corrected chi connectivity index (χ0v) is 14.9. The first-order valence-corrected chi connectivity index (χ1v) is 8.52. The Morgan fingerprint density at radius 3 is 2.56 bits per heavy atom. The summed E-state index contributed by atoms with van der Waals surface area (Å²) < 4.78 is 24.5. The number of ether oxygens (including phenoxy) is 1. The Hall–Kier alpha value is -3.22. The van der Waals surface area contributed by atoms with E-state index >= 15 is 0 Å². The van der Waals surface area contributed by atoms with Gasteiger partial charge in [0.05, 0.1) is 5.56 Å². The molecule has 140 valence electrons. The van der Waals surface area contributed by atoms with Crippen molar-refractivity contribution >= 4 is 23.0 Å². The van der Waals surface area contributed by atoms with Crippen LogP contribution in [-0.4, -0.2) is 22.9 Å². The van der Waals surface area contributed by atoms with E-state index in [1.165, 1.54) is 18.2 Å². The molecule has 1 heterocycles. The van der Waals surface area contributed by atoms with Crippen LogP contribution in [0.2, 0.25) is 0 Å². The summed E-state index contributed by atoms with van der Waals surface area (Å²) in [4.78, 5) is 28.9. The number of carbonyl (C=O) groups excluding carboxylic acids is 2. The molecule has 0 aliphatic heterocycles. The molecule has 1 N–H and O–H groups in total. The number of hydrogen-bond acceptors (Lipinski definition) is 5. The van der Waals surface area contributed by atoms with E-state index in [1.807, 2.05) is 12.1 Å². The monoisotopic (exact) mass is 370 g/mol. The van der Waals surface area contributed by atoms with E-state index in [9.17, 15) is 14.0 Å². The maximum absolute atomic E-state index is 13.8. The minimum absolute atomic E-state index is 0.130. The Morgan fingerprint density at radius 2 is 1.85 bits per heavy atom. The van der Waals surface area contributed by atoms with E-state index in [-0.39, 0.29) is 24.0 Å². The summed E-state index contributed by atoms with van der Waals surface area (Å²) in [6, 6.07) is 11.8. The van der Waals surface area contributed by atoms with Gasteiger partial charge >= 0.3 is 5.97 Å². The van der Waals surface area contributed by atoms with Crippen molar-refractivity contribution in [2.75, 3.05) is 0 Å². The fourth-order valence-electron chi connectivity index (χ4n) is 2.57. The SMILES string of the molecule is CC(C)[C@H](NC(=O)c1ccccc1F)C(=O)OCc1nc2ccccc2o1. The number of nitrogens with zero attached hydrogens (tertiary/aromatic N) is 1. The standard InChI is InChI=1S/C20H19FN2O4/c1-12(2)18(23-19(24)13-7-3-4-8-14(13)21)20(25)26-11-17-22-15-9-5-6-10-16(15)27-17/h3-10,12,18H,11H2,1-2H3,(H,23,24)/t18-/m0/s1. The van der Waals surface area contributed by atoms with Crippen LogP contribution >= 0.6 is 0 Å². The van der Waals surface area contributed by atoms with Gasteiger partial charge in [-0.1, -0.05) is 38.1 Å². The summed E-state index contributed by atoms with van der Waals surface area (Å²) in [7, 11) is 0. The zero-order chi connectivity index (χ0) is 19.4. The molecule has 1 atom stereocenters. The Morgan fingerprint density at radius 1 is 1.15 bits per heavy atom. The van der Waals surface area contributed by atoms with Gasteiger partial charge in [0.2, 0.25) is 5.89 Å². The van der Waals surface area contributed by atoms with Gasteiger partial charge in [0.15, 0.2) is 12.2 Å². The number of fused-ring (bicyclic) bond motifs is 1. The van der Waals surface area contributed by atoms with E-state index in [4.69, 9.17) is 9.15 Å². The van der Waals surface area contributed by atoms with E-state index in [0.29, 0.717) is 11.1 Å². The number of nitrogens with one attached hydrogen (secondary N) is 1. The van der Waals surface area contributed by atoms with Gasteiger partial charge in [-0.3, -0.25) is 4.79 Å². The van der Waals surface area contributed by atoms with Gasteiger partial charge in [-0.2, -0.15) is 0 Å². The molecule has 0 saturated heterocycles. The van der Waals surface area contributed by atoms with Gasteiger partial charge in [0, 0.05) is 0 Å². The normalized spacial score (nSPS) is 12.1. The summed E-state index contributed by atoms with van der Waals surface area (Å²) in [6.07, 6.45) is 0. The highest BCUT2D eigenvalue weighted by molar-refractivity contribution is 5.97. The van der Waals surface area contributed by atoms with Crippen LogP contribution in [0, 0.1) is 11.7 Å². The summed E-state index contributed by atoms with van der Waals surface area (Å²) in [5.74, 6) is -1.97. The Labute approximate surface area is 155 Å². The Kier molecular flexibility index (Phi) is 5.49. The lowest BCUT2D eigenvalue weighted by Crippen LogP contribution is -2.45. The molecule has 0 fully saturated rings. The lowest BCUT2D eigenvalue weighted by molar-refractivity contribution is -0.149. The molecule has 1 aromatic heterocycles. The summed E-state index contributed by atoms with van der Waals surface area (Å²) in [6.45, 7) is 3.35. The second-order valence-corrected chi connectivity index (χ2v) is 6.36. The number of benzene rings is 2. The van der Waals surface area contributed by atoms with Gasteiger partial charge in [0.25, 0.3) is 5.91 Å². The molecule has 1 amide bonds. The highest BCUT2D eigenvalue weighted by Gasteiger charge is 2.27. The maximum atomic E-state index is 13.8. The zero-order valence-electron chi connectivity index (χ0n) is 14.9. The average Bonchev–Trinajstić information content (AvgIpc) is 3.07. The van der Waals surface area contributed by atoms with E-state index in [1.54, 1.807) is 32.0 Å². The third kappa shape index (κ3) is 4.31. The second kappa shape index (κ2) is 7.99. The molecule has 0 spiro atoms. The highest BCUT2D eigenvalue weighted by atomic mass is 19.1. The highest BCUT2D eigenvalue weighted by Crippen LogP contribution is 2.16. The number of oxazole rings is 1. The Balaban J connectivity index is 1.66. The van der Waals surface area contributed by atoms with Crippen LogP contribution < -0.4 is 5.32 Å². The van der Waals surface area contributed by atoms with Crippen molar-refractivity contribution in [3.8, 4) is 0 Å². The number of aromatic nitrogens is 1. The molecular weight excluding hydrogens is 351 g/mol. The molecule has 0 aliphatic rings. The fourth-order valence-corrected chi connectivity index (χ4v) is 2.57. The number of para-hydroxylation sites is 2. The molecule has 2 aromatic carbocycles. The first-order valence-electron chi connectivity index (χ1n) is 8.52. The van der Waals surface area contributed by atoms with Gasteiger partial charge in [-0.05, 0) is 30.2 Å². The lowest BCUT2D eigenvalue weighted by atomic mass is 10.0. The second-order valence-electron chi connectivity index (χ2n) is 6.36. The number of rotatable bonds is 6. The molecule has 3 rings (SSSR count). The van der Waals surface area contributed by atoms with Crippen molar-refractivity contribution in [2.24, 2.45) is 5.92 Å². The van der Waals surface area contributed by atoms with E-state index < -0.39 is 23.7 Å². The van der Waals surface area contributed by atoms with Crippen molar-refractivity contribution in [2.45, 2.75) is 26.5 Å². The van der Waals surface area contributed by atoms with Crippen LogP contribution in [0.3, 0.4) is 0 Å². The third-order valence-electron chi connectivity index (χ3n) is 4.00. The van der Waals surface area contributed by atoms with Crippen LogP contribution in [0.25, 0.3) is 11.1 Å². The minimum Gasteiger partial charge on any atom is -0.454 e. The number of amides is 1. The van der Waals surface area contributed by atoms with E-state index in [2.05, 4.69) is 10.3 Å². The predicted octanol–water partition coefficient (Wildman–Crippen LogP) is 3.46. The average molecular weight is 370 g/mol. The van der Waals surface area contributed by atoms with Crippen molar-refractivity contribution < 1.29 is 23.1 Å². The molecule has 0 bridgehead atoms. The van der Waals surface area contributed by atoms with Crippen LogP contribution in [0.15, 0.2) is 52.9 Å². The predicted molar refractivity (Wildman–Crippen MR) is 96.3 cm³/mol. The number of halogens is 1. The maximum Gasteiger partial charge on any atom is 0.329 e. The third-order valence-corrected chi connectivity index (χ3v) is 4.00. The molecule has 7 heteroatoms. The minimum atomic E-state index is -0.929. The van der Waals surface area contributed by atoms with E-state index in [0.717, 1.165) is 0 Å². The van der Waals surface area contributed by atoms with Crippen molar-refractivity contribution in [1.29, 1.82) is 0 Å². The van der Waals surface area contributed by atoms with Crippen LogP contribution in [0.4, 0.5) is 4.39 Å². The summed E-state index contributed by atoms with van der Waals surface area (Å²) >= 11 is 0. The van der Waals surface area contributed by atoms with Crippen molar-refractivity contribution in [1.82, 2.24) is 10.3 Å². The van der Waals surface area contributed by atoms with Crippen LogP contribution in [0.1, 0.15) is 30.1 Å². The number of esters is 1. The molecule has 0 radical (unpaired) electrons. The molecule has 0 unspecified atom stereocenters. The van der Waals surface area contributed by atoms with Crippen molar-refractivity contribution in [3.63, 3.8) is 0 Å². The first kappa shape index (κ1) is 18.6. The lowest BCUT2D eigenvalue weighted by Gasteiger charge is -2.20. The van der Waals surface area contributed by atoms with Gasteiger partial charge < -0.3 is 14.5 Å². The summed E-state index contributed by atoms with van der Waals surface area (Å²) in [5.41, 5.74) is 1.13. The molecule has 6 nitrogen and oxygen atoms in total. The molecule has 0 saturated carbocycles.